The fourth-order valence-electron chi connectivity index (χ4n) is 3.94. The largest absolute Gasteiger partial charge is 0.309 e. The average Bonchev–Trinajstić information content (AvgIpc) is 3.27. The third-order valence-electron chi connectivity index (χ3n) is 5.71. The molecule has 5 rings (SSSR count). The Morgan fingerprint density at radius 3 is 2.55 bits per heavy atom. The fraction of sp³-hybridized carbons (Fsp3) is 0.300. The minimum absolute atomic E-state index is 0.145. The number of nitrogens with zero attached hydrogens (tertiary/aromatic N) is 5. The van der Waals surface area contributed by atoms with Crippen molar-refractivity contribution in [2.24, 2.45) is 0 Å². The minimum atomic E-state index is -3.67. The van der Waals surface area contributed by atoms with E-state index in [9.17, 15) is 13.2 Å². The van der Waals surface area contributed by atoms with Crippen LogP contribution in [0.15, 0.2) is 52.2 Å². The number of hydrogen-bond acceptors (Lipinski definition) is 8. The molecule has 0 spiro atoms. The van der Waals surface area contributed by atoms with Crippen LogP contribution >= 0.6 is 11.7 Å². The summed E-state index contributed by atoms with van der Waals surface area (Å²) in [5, 5.41) is 0.556. The molecule has 0 bridgehead atoms. The molecule has 1 fully saturated rings. The first-order valence-electron chi connectivity index (χ1n) is 9.89. The van der Waals surface area contributed by atoms with Crippen molar-refractivity contribution in [1.29, 1.82) is 0 Å². The second kappa shape index (κ2) is 7.75. The molecular formula is C20H20N6O3S2. The standard InChI is InChI=1S/C20H20N6O3S2/c1-13(19-21-15-6-3-2-5-14(15)20(27)22-19)25-9-11-26(12-10-25)31(28,29)17-8-4-7-16-18(17)24-30-23-16/h2-8,13H,9-12H2,1H3,(H,21,22,27). The van der Waals surface area contributed by atoms with Gasteiger partial charge in [-0.05, 0) is 31.2 Å². The number of piperazine rings is 1. The molecule has 1 N–H and O–H groups in total. The van der Waals surface area contributed by atoms with E-state index in [0.717, 1.165) is 11.7 Å². The number of fused-ring (bicyclic) bond motifs is 2. The normalized spacial score (nSPS) is 17.3. The van der Waals surface area contributed by atoms with E-state index in [0.29, 0.717) is 53.9 Å². The molecule has 11 heteroatoms. The Morgan fingerprint density at radius 2 is 1.74 bits per heavy atom. The van der Waals surface area contributed by atoms with E-state index in [2.05, 4.69) is 23.6 Å². The molecule has 4 aromatic rings. The van der Waals surface area contributed by atoms with Gasteiger partial charge in [-0.25, -0.2) is 13.4 Å². The predicted octanol–water partition coefficient (Wildman–Crippen LogP) is 2.00. The SMILES string of the molecule is CC(c1nc2ccccc2c(=O)[nH]1)N1CCN(S(=O)(=O)c2cccc3nsnc23)CC1. The maximum absolute atomic E-state index is 13.2. The lowest BCUT2D eigenvalue weighted by molar-refractivity contribution is 0.141. The lowest BCUT2D eigenvalue weighted by Crippen LogP contribution is -2.49. The van der Waals surface area contributed by atoms with Crippen molar-refractivity contribution in [3.8, 4) is 0 Å². The maximum atomic E-state index is 13.2. The first-order valence-corrected chi connectivity index (χ1v) is 12.1. The van der Waals surface area contributed by atoms with Crippen molar-refractivity contribution >= 4 is 43.7 Å². The number of aromatic amines is 1. The molecule has 0 amide bonds. The summed E-state index contributed by atoms with van der Waals surface area (Å²) in [5.74, 6) is 0.582. The van der Waals surface area contributed by atoms with Crippen LogP contribution in [0.1, 0.15) is 18.8 Å². The zero-order valence-electron chi connectivity index (χ0n) is 16.7. The topological polar surface area (TPSA) is 112 Å². The average molecular weight is 457 g/mol. The van der Waals surface area contributed by atoms with Crippen LogP contribution in [0.2, 0.25) is 0 Å². The van der Waals surface area contributed by atoms with Crippen molar-refractivity contribution < 1.29 is 8.42 Å². The molecule has 1 saturated heterocycles. The fourth-order valence-corrected chi connectivity index (χ4v) is 6.11. The Hall–Kier alpha value is -2.73. The Kier molecular flexibility index (Phi) is 5.05. The van der Waals surface area contributed by atoms with Gasteiger partial charge in [0.15, 0.2) is 0 Å². The number of nitrogens with one attached hydrogen (secondary N) is 1. The van der Waals surface area contributed by atoms with Gasteiger partial charge >= 0.3 is 0 Å². The summed E-state index contributed by atoms with van der Waals surface area (Å²) in [6.45, 7) is 3.72. The van der Waals surface area contributed by atoms with Gasteiger partial charge in [0, 0.05) is 26.2 Å². The zero-order valence-corrected chi connectivity index (χ0v) is 18.4. The number of hydrogen-bond donors (Lipinski definition) is 1. The van der Waals surface area contributed by atoms with Gasteiger partial charge in [0.1, 0.15) is 21.8 Å². The summed E-state index contributed by atoms with van der Waals surface area (Å²) in [6.07, 6.45) is 0. The van der Waals surface area contributed by atoms with E-state index in [1.54, 1.807) is 24.3 Å². The van der Waals surface area contributed by atoms with Gasteiger partial charge in [-0.2, -0.15) is 13.1 Å². The summed E-state index contributed by atoms with van der Waals surface area (Å²) in [7, 11) is -3.67. The smallest absolute Gasteiger partial charge is 0.258 e. The first-order chi connectivity index (χ1) is 14.9. The van der Waals surface area contributed by atoms with Gasteiger partial charge in [-0.3, -0.25) is 9.69 Å². The van der Waals surface area contributed by atoms with Gasteiger partial charge in [-0.15, -0.1) is 0 Å². The number of aromatic nitrogens is 4. The number of sulfonamides is 1. The molecule has 1 unspecified atom stereocenters. The predicted molar refractivity (Wildman–Crippen MR) is 119 cm³/mol. The summed E-state index contributed by atoms with van der Waals surface area (Å²) >= 11 is 1.01. The lowest BCUT2D eigenvalue weighted by Gasteiger charge is -2.36. The van der Waals surface area contributed by atoms with E-state index in [1.807, 2.05) is 25.1 Å². The molecule has 1 atom stereocenters. The molecule has 9 nitrogen and oxygen atoms in total. The highest BCUT2D eigenvalue weighted by Gasteiger charge is 2.32. The molecule has 0 radical (unpaired) electrons. The van der Waals surface area contributed by atoms with Crippen LogP contribution in [0, 0.1) is 0 Å². The maximum Gasteiger partial charge on any atom is 0.258 e. The van der Waals surface area contributed by atoms with Crippen LogP contribution in [0.5, 0.6) is 0 Å². The van der Waals surface area contributed by atoms with Crippen molar-refractivity contribution in [2.45, 2.75) is 17.9 Å². The molecule has 0 aliphatic carbocycles. The first kappa shape index (κ1) is 20.2. The van der Waals surface area contributed by atoms with Crippen molar-refractivity contribution in [1.82, 2.24) is 27.9 Å². The van der Waals surface area contributed by atoms with Crippen molar-refractivity contribution in [3.05, 3.63) is 58.6 Å². The molecule has 31 heavy (non-hydrogen) atoms. The Balaban J connectivity index is 1.35. The van der Waals surface area contributed by atoms with E-state index >= 15 is 0 Å². The van der Waals surface area contributed by atoms with Crippen LogP contribution in [-0.4, -0.2) is 62.5 Å². The third kappa shape index (κ3) is 3.53. The van der Waals surface area contributed by atoms with Gasteiger partial charge in [0.25, 0.3) is 5.56 Å². The van der Waals surface area contributed by atoms with Crippen molar-refractivity contribution in [2.75, 3.05) is 26.2 Å². The van der Waals surface area contributed by atoms with E-state index in [1.165, 1.54) is 4.31 Å². The second-order valence-corrected chi connectivity index (χ2v) is 9.91. The van der Waals surface area contributed by atoms with E-state index in [-0.39, 0.29) is 16.5 Å². The highest BCUT2D eigenvalue weighted by molar-refractivity contribution is 7.89. The molecule has 3 heterocycles. The van der Waals surface area contributed by atoms with Crippen molar-refractivity contribution in [3.63, 3.8) is 0 Å². The quantitative estimate of drug-likeness (QED) is 0.500. The number of H-pyrrole nitrogens is 1. The van der Waals surface area contributed by atoms with Gasteiger partial charge < -0.3 is 4.98 Å². The van der Waals surface area contributed by atoms with E-state index < -0.39 is 10.0 Å². The van der Waals surface area contributed by atoms with Crippen LogP contribution in [0.4, 0.5) is 0 Å². The summed E-state index contributed by atoms with van der Waals surface area (Å²) in [5.41, 5.74) is 1.49. The summed E-state index contributed by atoms with van der Waals surface area (Å²) < 4.78 is 36.2. The molecule has 1 aliphatic heterocycles. The number of rotatable bonds is 4. The monoisotopic (exact) mass is 456 g/mol. The second-order valence-electron chi connectivity index (χ2n) is 7.47. The Bertz CT molecular complexity index is 1420. The Labute approximate surface area is 182 Å². The summed E-state index contributed by atoms with van der Waals surface area (Å²) in [6, 6.07) is 12.1. The van der Waals surface area contributed by atoms with Crippen LogP contribution < -0.4 is 5.56 Å². The molecule has 160 valence electrons. The highest BCUT2D eigenvalue weighted by atomic mass is 32.2. The lowest BCUT2D eigenvalue weighted by atomic mass is 10.2. The summed E-state index contributed by atoms with van der Waals surface area (Å²) in [4.78, 5) is 22.2. The third-order valence-corrected chi connectivity index (χ3v) is 8.19. The Morgan fingerprint density at radius 1 is 1.00 bits per heavy atom. The molecular weight excluding hydrogens is 436 g/mol. The van der Waals surface area contributed by atoms with E-state index in [4.69, 9.17) is 0 Å². The molecule has 1 aliphatic rings. The number of benzene rings is 2. The van der Waals surface area contributed by atoms with Gasteiger partial charge in [-0.1, -0.05) is 18.2 Å². The zero-order chi connectivity index (χ0) is 21.6. The molecule has 0 saturated carbocycles. The van der Waals surface area contributed by atoms with Gasteiger partial charge in [0.2, 0.25) is 10.0 Å². The van der Waals surface area contributed by atoms with Crippen LogP contribution in [-0.2, 0) is 10.0 Å². The van der Waals surface area contributed by atoms with Crippen LogP contribution in [0.25, 0.3) is 21.9 Å². The minimum Gasteiger partial charge on any atom is -0.309 e. The highest BCUT2D eigenvalue weighted by Crippen LogP contribution is 2.26. The molecule has 2 aromatic carbocycles. The number of para-hydroxylation sites is 1. The van der Waals surface area contributed by atoms with Gasteiger partial charge in [0.05, 0.1) is 28.7 Å². The van der Waals surface area contributed by atoms with Crippen LogP contribution in [0.3, 0.4) is 0 Å². The molecule has 2 aromatic heterocycles.